The number of amides is 1. The Kier molecular flexibility index (Phi) is 6.20. The number of ketones is 1. The van der Waals surface area contributed by atoms with Crippen LogP contribution in [0, 0.1) is 5.82 Å². The van der Waals surface area contributed by atoms with Gasteiger partial charge in [-0.15, -0.1) is 0 Å². The fourth-order valence-corrected chi connectivity index (χ4v) is 5.61. The van der Waals surface area contributed by atoms with Crippen molar-refractivity contribution >= 4 is 44.1 Å². The van der Waals surface area contributed by atoms with Crippen LogP contribution in [-0.2, 0) is 21.4 Å². The predicted octanol–water partition coefficient (Wildman–Crippen LogP) is 6.92. The van der Waals surface area contributed by atoms with E-state index in [-0.39, 0.29) is 22.3 Å². The molecule has 1 amide bonds. The van der Waals surface area contributed by atoms with Gasteiger partial charge >= 0.3 is 5.91 Å². The van der Waals surface area contributed by atoms with Crippen molar-refractivity contribution < 1.29 is 19.1 Å². The second-order valence-corrected chi connectivity index (χ2v) is 11.2. The minimum Gasteiger partial charge on any atom is -0.507 e. The van der Waals surface area contributed by atoms with E-state index in [4.69, 9.17) is 0 Å². The third-order valence-corrected chi connectivity index (χ3v) is 7.73. The van der Waals surface area contributed by atoms with Gasteiger partial charge in [-0.25, -0.2) is 9.37 Å². The Morgan fingerprint density at radius 3 is 2.32 bits per heavy atom. The van der Waals surface area contributed by atoms with Gasteiger partial charge in [0.05, 0.1) is 21.8 Å². The Hall–Kier alpha value is -3.84. The molecule has 5 nitrogen and oxygen atoms in total. The second-order valence-electron chi connectivity index (χ2n) is 10.2. The molecule has 1 aliphatic rings. The van der Waals surface area contributed by atoms with Gasteiger partial charge in [0.2, 0.25) is 0 Å². The molecule has 0 radical (unpaired) electrons. The molecule has 0 saturated carbocycles. The van der Waals surface area contributed by atoms with Crippen LogP contribution < -0.4 is 4.90 Å². The minimum absolute atomic E-state index is 0.0476. The summed E-state index contributed by atoms with van der Waals surface area (Å²) >= 11 is 1.34. The molecule has 0 aliphatic carbocycles. The standard InChI is InChI=1S/C30H27FN2O3S/c1-5-17-6-15-22-23(16-17)37-29(32-22)33-25(18-7-11-20(12-8-18)30(2,3)4)24(27(35)28(33)36)26(34)19-9-13-21(31)14-10-19/h6-16,25,34H,5H2,1-4H3. The Morgan fingerprint density at radius 1 is 1.03 bits per heavy atom. The smallest absolute Gasteiger partial charge is 0.301 e. The molecule has 0 bridgehead atoms. The van der Waals surface area contributed by atoms with Gasteiger partial charge in [0.15, 0.2) is 5.13 Å². The van der Waals surface area contributed by atoms with Crippen LogP contribution in [0.5, 0.6) is 0 Å². The number of aliphatic hydroxyl groups is 1. The summed E-state index contributed by atoms with van der Waals surface area (Å²) in [6, 6.07) is 18.0. The van der Waals surface area contributed by atoms with Gasteiger partial charge in [-0.3, -0.25) is 14.5 Å². The number of carbonyl (C=O) groups is 2. The van der Waals surface area contributed by atoms with Crippen LogP contribution in [0.3, 0.4) is 0 Å². The van der Waals surface area contributed by atoms with Gasteiger partial charge in [0.25, 0.3) is 5.78 Å². The zero-order valence-corrected chi connectivity index (χ0v) is 21.9. The van der Waals surface area contributed by atoms with Crippen molar-refractivity contribution in [2.24, 2.45) is 0 Å². The fraction of sp³-hybridized carbons (Fsp3) is 0.233. The number of hydrogen-bond acceptors (Lipinski definition) is 5. The lowest BCUT2D eigenvalue weighted by molar-refractivity contribution is -0.132. The van der Waals surface area contributed by atoms with Crippen LogP contribution in [0.1, 0.15) is 56.0 Å². The van der Waals surface area contributed by atoms with E-state index in [1.807, 2.05) is 42.5 Å². The first kappa shape index (κ1) is 24.8. The molecule has 5 rings (SSSR count). The summed E-state index contributed by atoms with van der Waals surface area (Å²) in [5, 5.41) is 11.6. The maximum atomic E-state index is 13.5. The number of fused-ring (bicyclic) bond motifs is 1. The molecule has 7 heteroatoms. The van der Waals surface area contributed by atoms with E-state index in [2.05, 4.69) is 32.7 Å². The van der Waals surface area contributed by atoms with E-state index in [0.29, 0.717) is 10.7 Å². The highest BCUT2D eigenvalue weighted by Gasteiger charge is 2.48. The first-order valence-corrected chi connectivity index (χ1v) is 13.0. The fourth-order valence-electron chi connectivity index (χ4n) is 4.55. The largest absolute Gasteiger partial charge is 0.507 e. The lowest BCUT2D eigenvalue weighted by Gasteiger charge is -2.24. The Balaban J connectivity index is 1.70. The van der Waals surface area contributed by atoms with Crippen LogP contribution in [0.2, 0.25) is 0 Å². The van der Waals surface area contributed by atoms with Crippen LogP contribution in [0.25, 0.3) is 16.0 Å². The Labute approximate surface area is 218 Å². The van der Waals surface area contributed by atoms with Crippen molar-refractivity contribution in [3.8, 4) is 0 Å². The average molecular weight is 515 g/mol. The second kappa shape index (κ2) is 9.23. The predicted molar refractivity (Wildman–Crippen MR) is 145 cm³/mol. The number of benzene rings is 3. The molecule has 1 unspecified atom stereocenters. The van der Waals surface area contributed by atoms with E-state index < -0.39 is 23.5 Å². The van der Waals surface area contributed by atoms with E-state index >= 15 is 0 Å². The number of aromatic nitrogens is 1. The highest BCUT2D eigenvalue weighted by atomic mass is 32.1. The molecule has 37 heavy (non-hydrogen) atoms. The molecule has 1 N–H and O–H groups in total. The van der Waals surface area contributed by atoms with Crippen molar-refractivity contribution in [3.05, 3.63) is 100 Å². The number of thiazole rings is 1. The maximum Gasteiger partial charge on any atom is 0.301 e. The number of hydrogen-bond donors (Lipinski definition) is 1. The SMILES string of the molecule is CCc1ccc2nc(N3C(=O)C(=O)C(=C(O)c4ccc(F)cc4)C3c3ccc(C(C)(C)C)cc3)sc2c1. The quantitative estimate of drug-likeness (QED) is 0.182. The summed E-state index contributed by atoms with van der Waals surface area (Å²) in [6.45, 7) is 8.38. The van der Waals surface area contributed by atoms with Gasteiger partial charge < -0.3 is 5.11 Å². The van der Waals surface area contributed by atoms with Gasteiger partial charge in [-0.05, 0) is 64.9 Å². The number of Topliss-reactive ketones (excluding diaryl/α,β-unsaturated/α-hetero) is 1. The molecule has 1 fully saturated rings. The normalized spacial score (nSPS) is 17.6. The molecule has 1 atom stereocenters. The number of halogens is 1. The number of anilines is 1. The summed E-state index contributed by atoms with van der Waals surface area (Å²) in [5.41, 5.74) is 3.78. The summed E-state index contributed by atoms with van der Waals surface area (Å²) in [6.07, 6.45) is 0.867. The molecule has 1 aromatic heterocycles. The monoisotopic (exact) mass is 514 g/mol. The Morgan fingerprint density at radius 2 is 1.70 bits per heavy atom. The first-order chi connectivity index (χ1) is 17.6. The van der Waals surface area contributed by atoms with Crippen molar-refractivity contribution in [3.63, 3.8) is 0 Å². The molecular formula is C30H27FN2O3S. The minimum atomic E-state index is -0.884. The molecule has 1 aliphatic heterocycles. The van der Waals surface area contributed by atoms with Crippen LogP contribution >= 0.6 is 11.3 Å². The number of carbonyl (C=O) groups excluding carboxylic acids is 2. The first-order valence-electron chi connectivity index (χ1n) is 12.2. The van der Waals surface area contributed by atoms with Crippen molar-refractivity contribution in [1.29, 1.82) is 0 Å². The van der Waals surface area contributed by atoms with Gasteiger partial charge in [-0.1, -0.05) is 69.4 Å². The van der Waals surface area contributed by atoms with E-state index in [9.17, 15) is 19.1 Å². The highest BCUT2D eigenvalue weighted by Crippen LogP contribution is 2.44. The maximum absolute atomic E-state index is 13.5. The number of aryl methyl sites for hydroxylation is 1. The third kappa shape index (κ3) is 4.44. The number of nitrogens with zero attached hydrogens (tertiary/aromatic N) is 2. The third-order valence-electron chi connectivity index (χ3n) is 6.71. The molecule has 4 aromatic rings. The van der Waals surface area contributed by atoms with Crippen LogP contribution in [-0.4, -0.2) is 21.8 Å². The van der Waals surface area contributed by atoms with Crippen molar-refractivity contribution in [1.82, 2.24) is 4.98 Å². The van der Waals surface area contributed by atoms with E-state index in [0.717, 1.165) is 27.8 Å². The summed E-state index contributed by atoms with van der Waals surface area (Å²) in [5.74, 6) is -2.38. The van der Waals surface area contributed by atoms with Crippen molar-refractivity contribution in [2.75, 3.05) is 4.90 Å². The molecular weight excluding hydrogens is 487 g/mol. The zero-order chi connectivity index (χ0) is 26.5. The lowest BCUT2D eigenvalue weighted by Crippen LogP contribution is -2.29. The van der Waals surface area contributed by atoms with Gasteiger partial charge in [0, 0.05) is 5.56 Å². The molecule has 0 spiro atoms. The Bertz CT molecular complexity index is 1550. The van der Waals surface area contributed by atoms with Gasteiger partial charge in [0.1, 0.15) is 11.6 Å². The molecule has 3 aromatic carbocycles. The van der Waals surface area contributed by atoms with E-state index in [1.54, 1.807) is 0 Å². The number of rotatable bonds is 4. The van der Waals surface area contributed by atoms with Gasteiger partial charge in [-0.2, -0.15) is 0 Å². The number of aliphatic hydroxyl groups excluding tert-OH is 1. The van der Waals surface area contributed by atoms with Crippen molar-refractivity contribution in [2.45, 2.75) is 45.6 Å². The highest BCUT2D eigenvalue weighted by molar-refractivity contribution is 7.22. The van der Waals surface area contributed by atoms with E-state index in [1.165, 1.54) is 40.5 Å². The summed E-state index contributed by atoms with van der Waals surface area (Å²) < 4.78 is 14.5. The van der Waals surface area contributed by atoms with Crippen LogP contribution in [0.15, 0.2) is 72.3 Å². The topological polar surface area (TPSA) is 70.5 Å². The zero-order valence-electron chi connectivity index (χ0n) is 21.1. The lowest BCUT2D eigenvalue weighted by atomic mass is 9.85. The average Bonchev–Trinajstić information content (AvgIpc) is 3.41. The summed E-state index contributed by atoms with van der Waals surface area (Å²) in [4.78, 5) is 32.9. The molecule has 2 heterocycles. The van der Waals surface area contributed by atoms with Crippen LogP contribution in [0.4, 0.5) is 9.52 Å². The molecule has 1 saturated heterocycles. The summed E-state index contributed by atoms with van der Waals surface area (Å²) in [7, 11) is 0. The molecule has 188 valence electrons.